The van der Waals surface area contributed by atoms with E-state index < -0.39 is 0 Å². The maximum atomic E-state index is 12.6. The summed E-state index contributed by atoms with van der Waals surface area (Å²) in [6.07, 6.45) is 1.96. The predicted octanol–water partition coefficient (Wildman–Crippen LogP) is 5.09. The van der Waals surface area contributed by atoms with Crippen LogP contribution in [0.1, 0.15) is 28.9 Å². The lowest BCUT2D eigenvalue weighted by atomic mass is 10.1. The average molecular weight is 443 g/mol. The summed E-state index contributed by atoms with van der Waals surface area (Å²) in [5.74, 6) is 1.18. The standard InChI is InChI=1S/C18H17BrClNO3S/c1-10(12-8-16-17(9-14(12)19)24-6-5-23-16)21-18(22)13-7-11(25-2)3-4-15(13)20/h3-4,7-10H,5-6H2,1-2H3,(H,21,22). The largest absolute Gasteiger partial charge is 0.486 e. The van der Waals surface area contributed by atoms with Gasteiger partial charge in [0.2, 0.25) is 0 Å². The van der Waals surface area contributed by atoms with Crippen molar-refractivity contribution in [3.8, 4) is 11.5 Å². The topological polar surface area (TPSA) is 47.6 Å². The molecule has 25 heavy (non-hydrogen) atoms. The van der Waals surface area contributed by atoms with Crippen molar-refractivity contribution in [1.29, 1.82) is 0 Å². The Kier molecular flexibility index (Phi) is 5.81. The van der Waals surface area contributed by atoms with E-state index in [1.165, 1.54) is 0 Å². The van der Waals surface area contributed by atoms with Gasteiger partial charge in [-0.1, -0.05) is 27.5 Å². The van der Waals surface area contributed by atoms with Crippen molar-refractivity contribution in [2.24, 2.45) is 0 Å². The van der Waals surface area contributed by atoms with Crippen molar-refractivity contribution in [2.75, 3.05) is 19.5 Å². The number of carbonyl (C=O) groups excluding carboxylic acids is 1. The number of rotatable bonds is 4. The summed E-state index contributed by atoms with van der Waals surface area (Å²) in [6.45, 7) is 2.97. The molecule has 0 aliphatic carbocycles. The summed E-state index contributed by atoms with van der Waals surface area (Å²) in [6, 6.07) is 8.97. The summed E-state index contributed by atoms with van der Waals surface area (Å²) in [7, 11) is 0. The third-order valence-corrected chi connectivity index (χ3v) is 5.64. The molecule has 0 radical (unpaired) electrons. The Balaban J connectivity index is 1.82. The van der Waals surface area contributed by atoms with Gasteiger partial charge in [-0.3, -0.25) is 4.79 Å². The molecule has 4 nitrogen and oxygen atoms in total. The first-order valence-corrected chi connectivity index (χ1v) is 10.1. The van der Waals surface area contributed by atoms with Crippen LogP contribution in [0.25, 0.3) is 0 Å². The summed E-state index contributed by atoms with van der Waals surface area (Å²) in [4.78, 5) is 13.6. The van der Waals surface area contributed by atoms with Crippen LogP contribution in [-0.2, 0) is 0 Å². The van der Waals surface area contributed by atoms with Crippen molar-refractivity contribution in [3.63, 3.8) is 0 Å². The van der Waals surface area contributed by atoms with E-state index in [9.17, 15) is 4.79 Å². The van der Waals surface area contributed by atoms with Crippen molar-refractivity contribution < 1.29 is 14.3 Å². The number of ether oxygens (including phenoxy) is 2. The zero-order valence-corrected chi connectivity index (χ0v) is 16.9. The zero-order valence-electron chi connectivity index (χ0n) is 13.8. The predicted molar refractivity (Wildman–Crippen MR) is 104 cm³/mol. The molecule has 1 heterocycles. The van der Waals surface area contributed by atoms with Gasteiger partial charge in [-0.25, -0.2) is 0 Å². The lowest BCUT2D eigenvalue weighted by Gasteiger charge is -2.22. The SMILES string of the molecule is CSc1ccc(Cl)c(C(=O)NC(C)c2cc3c(cc2Br)OCCO3)c1. The normalized spacial score (nSPS) is 14.1. The Bertz CT molecular complexity index is 815. The summed E-state index contributed by atoms with van der Waals surface area (Å²) in [5.41, 5.74) is 1.38. The van der Waals surface area contributed by atoms with Gasteiger partial charge in [0.15, 0.2) is 11.5 Å². The Morgan fingerprint density at radius 3 is 2.60 bits per heavy atom. The highest BCUT2D eigenvalue weighted by Crippen LogP contribution is 2.38. The maximum Gasteiger partial charge on any atom is 0.253 e. The molecule has 7 heteroatoms. The lowest BCUT2D eigenvalue weighted by molar-refractivity contribution is 0.0939. The fraction of sp³-hybridized carbons (Fsp3) is 0.278. The van der Waals surface area contributed by atoms with E-state index in [4.69, 9.17) is 21.1 Å². The quantitative estimate of drug-likeness (QED) is 0.670. The number of fused-ring (bicyclic) bond motifs is 1. The molecule has 1 aliphatic heterocycles. The number of carbonyl (C=O) groups is 1. The van der Waals surface area contributed by atoms with Gasteiger partial charge in [-0.2, -0.15) is 0 Å². The molecule has 0 aromatic heterocycles. The van der Waals surface area contributed by atoms with Crippen molar-refractivity contribution >= 4 is 45.2 Å². The molecular formula is C18H17BrClNO3S. The number of halogens is 2. The second-order valence-electron chi connectivity index (χ2n) is 5.56. The number of thioether (sulfide) groups is 1. The molecule has 2 aromatic carbocycles. The molecule has 1 unspecified atom stereocenters. The van der Waals surface area contributed by atoms with Crippen LogP contribution < -0.4 is 14.8 Å². The fourth-order valence-corrected chi connectivity index (χ4v) is 3.88. The molecule has 1 atom stereocenters. The van der Waals surface area contributed by atoms with Crippen molar-refractivity contribution in [1.82, 2.24) is 5.32 Å². The Morgan fingerprint density at radius 2 is 1.92 bits per heavy atom. The summed E-state index contributed by atoms with van der Waals surface area (Å²) in [5, 5.41) is 3.43. The molecule has 132 valence electrons. The van der Waals surface area contributed by atoms with Crippen LogP contribution in [0.15, 0.2) is 39.7 Å². The van der Waals surface area contributed by atoms with Gasteiger partial charge in [0.1, 0.15) is 13.2 Å². The van der Waals surface area contributed by atoms with E-state index >= 15 is 0 Å². The van der Waals surface area contributed by atoms with Crippen LogP contribution in [0.4, 0.5) is 0 Å². The van der Waals surface area contributed by atoms with Gasteiger partial charge in [-0.05, 0) is 49.1 Å². The van der Waals surface area contributed by atoms with Crippen LogP contribution >= 0.6 is 39.3 Å². The summed E-state index contributed by atoms with van der Waals surface area (Å²) < 4.78 is 12.0. The van der Waals surface area contributed by atoms with Gasteiger partial charge >= 0.3 is 0 Å². The van der Waals surface area contributed by atoms with Crippen molar-refractivity contribution in [3.05, 3.63) is 51.0 Å². The highest BCUT2D eigenvalue weighted by atomic mass is 79.9. The Hall–Kier alpha value is -1.37. The Labute approximate surface area is 164 Å². The number of hydrogen-bond acceptors (Lipinski definition) is 4. The molecule has 0 saturated heterocycles. The highest BCUT2D eigenvalue weighted by Gasteiger charge is 2.20. The van der Waals surface area contributed by atoms with Gasteiger partial charge in [0.05, 0.1) is 16.6 Å². The molecule has 3 rings (SSSR count). The zero-order chi connectivity index (χ0) is 18.0. The third kappa shape index (κ3) is 4.07. The van der Waals surface area contributed by atoms with Crippen LogP contribution in [0.5, 0.6) is 11.5 Å². The average Bonchev–Trinajstić information content (AvgIpc) is 2.61. The molecule has 0 saturated carbocycles. The molecule has 1 aliphatic rings. The van der Waals surface area contributed by atoms with Crippen LogP contribution in [-0.4, -0.2) is 25.4 Å². The monoisotopic (exact) mass is 441 g/mol. The minimum Gasteiger partial charge on any atom is -0.486 e. The fourth-order valence-electron chi connectivity index (χ4n) is 2.57. The third-order valence-electron chi connectivity index (χ3n) is 3.89. The maximum absolute atomic E-state index is 12.6. The molecule has 2 aromatic rings. The van der Waals surface area contributed by atoms with E-state index in [1.807, 2.05) is 31.4 Å². The first-order valence-electron chi connectivity index (χ1n) is 7.73. The molecule has 0 bridgehead atoms. The second-order valence-corrected chi connectivity index (χ2v) is 7.70. The van der Waals surface area contributed by atoms with E-state index in [0.29, 0.717) is 35.3 Å². The number of hydrogen-bond donors (Lipinski definition) is 1. The molecular weight excluding hydrogens is 426 g/mol. The minimum atomic E-state index is -0.230. The van der Waals surface area contributed by atoms with Crippen LogP contribution in [0.2, 0.25) is 5.02 Å². The van der Waals surface area contributed by atoms with E-state index in [0.717, 1.165) is 14.9 Å². The van der Waals surface area contributed by atoms with Crippen LogP contribution in [0.3, 0.4) is 0 Å². The molecule has 1 amide bonds. The number of amides is 1. The van der Waals surface area contributed by atoms with Crippen molar-refractivity contribution in [2.45, 2.75) is 17.9 Å². The van der Waals surface area contributed by atoms with Crippen LogP contribution in [0, 0.1) is 0 Å². The first-order chi connectivity index (χ1) is 12.0. The summed E-state index contributed by atoms with van der Waals surface area (Å²) >= 11 is 11.3. The Morgan fingerprint density at radius 1 is 1.24 bits per heavy atom. The van der Waals surface area contributed by atoms with E-state index in [-0.39, 0.29) is 11.9 Å². The number of nitrogens with one attached hydrogen (secondary N) is 1. The van der Waals surface area contributed by atoms with Gasteiger partial charge in [0, 0.05) is 9.37 Å². The van der Waals surface area contributed by atoms with E-state index in [1.54, 1.807) is 23.9 Å². The molecule has 0 fully saturated rings. The highest BCUT2D eigenvalue weighted by molar-refractivity contribution is 9.10. The molecule has 1 N–H and O–H groups in total. The smallest absolute Gasteiger partial charge is 0.253 e. The molecule has 0 spiro atoms. The first kappa shape index (κ1) is 18.4. The lowest BCUT2D eigenvalue weighted by Crippen LogP contribution is -2.27. The number of benzene rings is 2. The van der Waals surface area contributed by atoms with Gasteiger partial charge < -0.3 is 14.8 Å². The van der Waals surface area contributed by atoms with Gasteiger partial charge in [-0.15, -0.1) is 11.8 Å². The second kappa shape index (κ2) is 7.89. The minimum absolute atomic E-state index is 0.213. The van der Waals surface area contributed by atoms with E-state index in [2.05, 4.69) is 21.2 Å². The van der Waals surface area contributed by atoms with Gasteiger partial charge in [0.25, 0.3) is 5.91 Å².